The van der Waals surface area contributed by atoms with Crippen molar-refractivity contribution in [2.45, 2.75) is 18.7 Å². The van der Waals surface area contributed by atoms with Crippen molar-refractivity contribution in [1.29, 1.82) is 0 Å². The molecule has 0 radical (unpaired) electrons. The van der Waals surface area contributed by atoms with Gasteiger partial charge in [-0.3, -0.25) is 0 Å². The fourth-order valence-corrected chi connectivity index (χ4v) is 2.59. The van der Waals surface area contributed by atoms with Crippen molar-refractivity contribution in [3.8, 4) is 11.5 Å². The van der Waals surface area contributed by atoms with Crippen LogP contribution in [-0.4, -0.2) is 8.42 Å². The molecule has 6 heteroatoms. The van der Waals surface area contributed by atoms with E-state index in [2.05, 4.69) is 0 Å². The lowest BCUT2D eigenvalue weighted by atomic mass is 10.2. The summed E-state index contributed by atoms with van der Waals surface area (Å²) in [7, 11) is -3.74. The Morgan fingerprint density at radius 2 is 1.55 bits per heavy atom. The summed E-state index contributed by atoms with van der Waals surface area (Å²) >= 11 is 0. The van der Waals surface area contributed by atoms with Crippen molar-refractivity contribution < 1.29 is 17.5 Å². The van der Waals surface area contributed by atoms with E-state index in [-0.39, 0.29) is 10.7 Å². The zero-order chi connectivity index (χ0) is 14.9. The molecule has 0 fully saturated rings. The molecule has 0 aliphatic heterocycles. The number of halogens is 1. The molecule has 2 aromatic carbocycles. The van der Waals surface area contributed by atoms with Gasteiger partial charge in [0.2, 0.25) is 10.0 Å². The van der Waals surface area contributed by atoms with E-state index in [0.717, 1.165) is 0 Å². The van der Waals surface area contributed by atoms with Gasteiger partial charge in [-0.2, -0.15) is 0 Å². The predicted octanol–water partition coefficient (Wildman–Crippen LogP) is 2.88. The summed E-state index contributed by atoms with van der Waals surface area (Å²) in [6.07, 6.45) is 0. The summed E-state index contributed by atoms with van der Waals surface area (Å²) in [6, 6.07) is 8.85. The molecular formula is C14H14FNO3S. The van der Waals surface area contributed by atoms with E-state index in [0.29, 0.717) is 22.6 Å². The number of primary sulfonamides is 1. The average Bonchev–Trinajstić information content (AvgIpc) is 2.32. The molecule has 0 spiro atoms. The van der Waals surface area contributed by atoms with Gasteiger partial charge < -0.3 is 4.74 Å². The van der Waals surface area contributed by atoms with Crippen LogP contribution in [0.25, 0.3) is 0 Å². The highest BCUT2D eigenvalue weighted by atomic mass is 32.2. The second kappa shape index (κ2) is 5.22. The quantitative estimate of drug-likeness (QED) is 0.946. The number of hydrogen-bond donors (Lipinski definition) is 1. The molecule has 0 unspecified atom stereocenters. The second-order valence-electron chi connectivity index (χ2n) is 4.49. The van der Waals surface area contributed by atoms with E-state index in [1.807, 2.05) is 0 Å². The summed E-state index contributed by atoms with van der Waals surface area (Å²) < 4.78 is 41.3. The molecule has 0 atom stereocenters. The van der Waals surface area contributed by atoms with Crippen LogP contribution in [0, 0.1) is 19.7 Å². The molecule has 0 heterocycles. The van der Waals surface area contributed by atoms with Crippen molar-refractivity contribution in [2.24, 2.45) is 5.14 Å². The van der Waals surface area contributed by atoms with Gasteiger partial charge in [-0.25, -0.2) is 17.9 Å². The molecule has 0 bridgehead atoms. The molecule has 0 aliphatic carbocycles. The number of nitrogens with two attached hydrogens (primary N) is 1. The van der Waals surface area contributed by atoms with Crippen LogP contribution in [0.1, 0.15) is 11.1 Å². The standard InChI is InChI=1S/C14H14FNO3S/c1-9-7-11(3-5-13(9)15)19-12-4-6-14(10(2)8-12)20(16,17)18/h3-8H,1-2H3,(H2,16,17,18). The number of aryl methyl sites for hydroxylation is 2. The predicted molar refractivity (Wildman–Crippen MR) is 73.8 cm³/mol. The fourth-order valence-electron chi connectivity index (χ4n) is 1.82. The minimum Gasteiger partial charge on any atom is -0.457 e. The molecule has 4 nitrogen and oxygen atoms in total. The molecule has 20 heavy (non-hydrogen) atoms. The van der Waals surface area contributed by atoms with E-state index in [1.54, 1.807) is 26.0 Å². The molecule has 106 valence electrons. The lowest BCUT2D eigenvalue weighted by Gasteiger charge is -2.09. The number of benzene rings is 2. The first-order valence-corrected chi connectivity index (χ1v) is 7.39. The Kier molecular flexibility index (Phi) is 3.78. The summed E-state index contributed by atoms with van der Waals surface area (Å²) in [5, 5.41) is 5.09. The van der Waals surface area contributed by atoms with E-state index < -0.39 is 10.0 Å². The van der Waals surface area contributed by atoms with Crippen molar-refractivity contribution in [3.63, 3.8) is 0 Å². The summed E-state index contributed by atoms with van der Waals surface area (Å²) in [5.74, 6) is 0.630. The largest absolute Gasteiger partial charge is 0.457 e. The maximum absolute atomic E-state index is 13.1. The van der Waals surface area contributed by atoms with Gasteiger partial charge in [0.25, 0.3) is 0 Å². The first kappa shape index (κ1) is 14.5. The number of sulfonamides is 1. The molecule has 0 amide bonds. The Labute approximate surface area is 117 Å². The normalized spacial score (nSPS) is 11.4. The van der Waals surface area contributed by atoms with Gasteiger partial charge in [0.05, 0.1) is 4.90 Å². The number of hydrogen-bond acceptors (Lipinski definition) is 3. The maximum Gasteiger partial charge on any atom is 0.238 e. The lowest BCUT2D eigenvalue weighted by molar-refractivity contribution is 0.478. The van der Waals surface area contributed by atoms with E-state index in [9.17, 15) is 12.8 Å². The third kappa shape index (κ3) is 3.15. The van der Waals surface area contributed by atoms with Gasteiger partial charge in [0, 0.05) is 0 Å². The van der Waals surface area contributed by atoms with Crippen molar-refractivity contribution >= 4 is 10.0 Å². The number of rotatable bonds is 3. The average molecular weight is 295 g/mol. The Morgan fingerprint density at radius 3 is 2.05 bits per heavy atom. The minimum absolute atomic E-state index is 0.0557. The van der Waals surface area contributed by atoms with Crippen molar-refractivity contribution in [1.82, 2.24) is 0 Å². The molecule has 0 saturated heterocycles. The molecule has 0 aliphatic rings. The molecule has 0 aromatic heterocycles. The van der Waals surface area contributed by atoms with Gasteiger partial charge in [-0.1, -0.05) is 0 Å². The lowest BCUT2D eigenvalue weighted by Crippen LogP contribution is -2.13. The Hall–Kier alpha value is -1.92. The van der Waals surface area contributed by atoms with Gasteiger partial charge in [-0.05, 0) is 61.4 Å². The zero-order valence-corrected chi connectivity index (χ0v) is 11.9. The SMILES string of the molecule is Cc1cc(Oc2ccc(S(N)(=O)=O)c(C)c2)ccc1F. The van der Waals surface area contributed by atoms with Crippen LogP contribution >= 0.6 is 0 Å². The monoisotopic (exact) mass is 295 g/mol. The van der Waals surface area contributed by atoms with E-state index in [1.165, 1.54) is 24.3 Å². The molecule has 2 N–H and O–H groups in total. The highest BCUT2D eigenvalue weighted by Gasteiger charge is 2.12. The van der Waals surface area contributed by atoms with Crippen molar-refractivity contribution in [2.75, 3.05) is 0 Å². The Balaban J connectivity index is 2.31. The summed E-state index contributed by atoms with van der Waals surface area (Å²) in [5.41, 5.74) is 0.962. The summed E-state index contributed by atoms with van der Waals surface area (Å²) in [4.78, 5) is 0.0557. The first-order chi connectivity index (χ1) is 9.27. The first-order valence-electron chi connectivity index (χ1n) is 5.85. The smallest absolute Gasteiger partial charge is 0.238 e. The van der Waals surface area contributed by atoms with Crippen LogP contribution in [0.5, 0.6) is 11.5 Å². The van der Waals surface area contributed by atoms with Crippen LogP contribution < -0.4 is 9.88 Å². The third-order valence-electron chi connectivity index (χ3n) is 2.82. The van der Waals surface area contributed by atoms with Gasteiger partial charge >= 0.3 is 0 Å². The van der Waals surface area contributed by atoms with Crippen LogP contribution in [0.3, 0.4) is 0 Å². The van der Waals surface area contributed by atoms with Crippen molar-refractivity contribution in [3.05, 3.63) is 53.3 Å². The highest BCUT2D eigenvalue weighted by Crippen LogP contribution is 2.26. The number of ether oxygens (including phenoxy) is 1. The van der Waals surface area contributed by atoms with Gasteiger partial charge in [0.15, 0.2) is 0 Å². The zero-order valence-electron chi connectivity index (χ0n) is 11.1. The van der Waals surface area contributed by atoms with Crippen LogP contribution in [-0.2, 0) is 10.0 Å². The molecular weight excluding hydrogens is 281 g/mol. The summed E-state index contributed by atoms with van der Waals surface area (Å²) in [6.45, 7) is 3.26. The van der Waals surface area contributed by atoms with E-state index in [4.69, 9.17) is 9.88 Å². The van der Waals surface area contributed by atoms with Crippen LogP contribution in [0.2, 0.25) is 0 Å². The van der Waals surface area contributed by atoms with Crippen LogP contribution in [0.4, 0.5) is 4.39 Å². The molecule has 2 aromatic rings. The molecule has 0 saturated carbocycles. The maximum atomic E-state index is 13.1. The minimum atomic E-state index is -3.74. The van der Waals surface area contributed by atoms with Gasteiger partial charge in [-0.15, -0.1) is 0 Å². The Morgan fingerprint density at radius 1 is 1.00 bits per heavy atom. The third-order valence-corrected chi connectivity index (χ3v) is 3.89. The van der Waals surface area contributed by atoms with Crippen LogP contribution in [0.15, 0.2) is 41.3 Å². The topological polar surface area (TPSA) is 69.4 Å². The Bertz CT molecular complexity index is 757. The van der Waals surface area contributed by atoms with Gasteiger partial charge in [0.1, 0.15) is 17.3 Å². The molecule has 2 rings (SSSR count). The van der Waals surface area contributed by atoms with E-state index >= 15 is 0 Å². The fraction of sp³-hybridized carbons (Fsp3) is 0.143. The highest BCUT2D eigenvalue weighted by molar-refractivity contribution is 7.89. The second-order valence-corrected chi connectivity index (χ2v) is 6.02.